The van der Waals surface area contributed by atoms with Crippen molar-refractivity contribution in [2.75, 3.05) is 12.4 Å². The molecule has 0 saturated heterocycles. The van der Waals surface area contributed by atoms with E-state index in [9.17, 15) is 13.6 Å². The standard InChI is InChI=1S/C17H18F2N2O2/c1-12-14(9-6-10-15(12)23-16(18)19)20-17(22)21(2)11-13-7-4-3-5-8-13/h3-10,16H,11H2,1-2H3,(H,20,22). The maximum atomic E-state index is 12.3. The van der Waals surface area contributed by atoms with Gasteiger partial charge in [0.25, 0.3) is 0 Å². The molecule has 0 bridgehead atoms. The minimum Gasteiger partial charge on any atom is -0.434 e. The first-order valence-electron chi connectivity index (χ1n) is 7.08. The number of rotatable bonds is 5. The van der Waals surface area contributed by atoms with Crippen LogP contribution in [0.2, 0.25) is 0 Å². The predicted molar refractivity (Wildman–Crippen MR) is 84.7 cm³/mol. The Morgan fingerprint density at radius 1 is 1.17 bits per heavy atom. The number of hydrogen-bond donors (Lipinski definition) is 1. The van der Waals surface area contributed by atoms with Crippen LogP contribution < -0.4 is 10.1 Å². The lowest BCUT2D eigenvalue weighted by Crippen LogP contribution is -2.31. The van der Waals surface area contributed by atoms with Gasteiger partial charge in [0.2, 0.25) is 0 Å². The van der Waals surface area contributed by atoms with E-state index >= 15 is 0 Å². The number of hydrogen-bond acceptors (Lipinski definition) is 2. The van der Waals surface area contributed by atoms with Crippen LogP contribution in [0.1, 0.15) is 11.1 Å². The summed E-state index contributed by atoms with van der Waals surface area (Å²) < 4.78 is 29.1. The van der Waals surface area contributed by atoms with E-state index < -0.39 is 6.61 Å². The second-order valence-corrected chi connectivity index (χ2v) is 5.08. The highest BCUT2D eigenvalue weighted by Crippen LogP contribution is 2.27. The summed E-state index contributed by atoms with van der Waals surface area (Å²) >= 11 is 0. The number of urea groups is 1. The highest BCUT2D eigenvalue weighted by atomic mass is 19.3. The van der Waals surface area contributed by atoms with E-state index in [1.807, 2.05) is 30.3 Å². The van der Waals surface area contributed by atoms with Crippen LogP contribution in [0, 0.1) is 6.92 Å². The molecule has 0 aliphatic heterocycles. The highest BCUT2D eigenvalue weighted by Gasteiger charge is 2.14. The summed E-state index contributed by atoms with van der Waals surface area (Å²) in [5.74, 6) is 0.0449. The Kier molecular flexibility index (Phi) is 5.51. The van der Waals surface area contributed by atoms with Crippen LogP contribution >= 0.6 is 0 Å². The van der Waals surface area contributed by atoms with Crippen molar-refractivity contribution in [1.82, 2.24) is 4.90 Å². The monoisotopic (exact) mass is 320 g/mol. The number of halogens is 2. The van der Waals surface area contributed by atoms with Gasteiger partial charge in [-0.3, -0.25) is 0 Å². The van der Waals surface area contributed by atoms with Gasteiger partial charge in [0.05, 0.1) is 0 Å². The predicted octanol–water partition coefficient (Wildman–Crippen LogP) is 4.26. The molecule has 0 aromatic heterocycles. The van der Waals surface area contributed by atoms with Crippen molar-refractivity contribution in [1.29, 1.82) is 0 Å². The number of ether oxygens (including phenoxy) is 1. The summed E-state index contributed by atoms with van der Waals surface area (Å²) in [5, 5.41) is 2.71. The lowest BCUT2D eigenvalue weighted by molar-refractivity contribution is -0.0502. The molecule has 0 aliphatic carbocycles. The Hall–Kier alpha value is -2.63. The van der Waals surface area contributed by atoms with Gasteiger partial charge in [0.15, 0.2) is 0 Å². The molecule has 0 radical (unpaired) electrons. The van der Waals surface area contributed by atoms with E-state index in [2.05, 4.69) is 10.1 Å². The Morgan fingerprint density at radius 3 is 2.52 bits per heavy atom. The van der Waals surface area contributed by atoms with Crippen LogP contribution in [0.4, 0.5) is 19.3 Å². The summed E-state index contributed by atoms with van der Waals surface area (Å²) in [6.07, 6.45) is 0. The summed E-state index contributed by atoms with van der Waals surface area (Å²) in [6.45, 7) is -0.843. The minimum atomic E-state index is -2.90. The van der Waals surface area contributed by atoms with Crippen molar-refractivity contribution in [3.63, 3.8) is 0 Å². The third-order valence-corrected chi connectivity index (χ3v) is 3.35. The van der Waals surface area contributed by atoms with Gasteiger partial charge in [-0.15, -0.1) is 0 Å². The number of benzene rings is 2. The Labute approximate surface area is 133 Å². The van der Waals surface area contributed by atoms with Crippen molar-refractivity contribution in [3.05, 3.63) is 59.7 Å². The molecule has 122 valence electrons. The summed E-state index contributed by atoms with van der Waals surface area (Å²) in [5.41, 5.74) is 1.89. The topological polar surface area (TPSA) is 41.6 Å². The molecule has 6 heteroatoms. The molecule has 0 unspecified atom stereocenters. The van der Waals surface area contributed by atoms with Crippen molar-refractivity contribution >= 4 is 11.7 Å². The first-order chi connectivity index (χ1) is 11.0. The first-order valence-corrected chi connectivity index (χ1v) is 7.08. The van der Waals surface area contributed by atoms with Gasteiger partial charge in [0, 0.05) is 24.8 Å². The van der Waals surface area contributed by atoms with Gasteiger partial charge < -0.3 is 15.0 Å². The second-order valence-electron chi connectivity index (χ2n) is 5.08. The van der Waals surface area contributed by atoms with Crippen LogP contribution in [0.15, 0.2) is 48.5 Å². The summed E-state index contributed by atoms with van der Waals surface area (Å²) in [6, 6.07) is 13.8. The molecule has 0 spiro atoms. The molecule has 2 aromatic rings. The molecule has 1 N–H and O–H groups in total. The van der Waals surface area contributed by atoms with Crippen molar-refractivity contribution < 1.29 is 18.3 Å². The number of alkyl halides is 2. The zero-order chi connectivity index (χ0) is 16.8. The smallest absolute Gasteiger partial charge is 0.387 e. The lowest BCUT2D eigenvalue weighted by atomic mass is 10.2. The fraction of sp³-hybridized carbons (Fsp3) is 0.235. The van der Waals surface area contributed by atoms with Crippen LogP contribution in [-0.2, 0) is 6.54 Å². The van der Waals surface area contributed by atoms with Gasteiger partial charge in [0.1, 0.15) is 5.75 Å². The molecule has 0 aliphatic rings. The van der Waals surface area contributed by atoms with Gasteiger partial charge in [-0.2, -0.15) is 8.78 Å². The zero-order valence-electron chi connectivity index (χ0n) is 12.9. The molecule has 0 heterocycles. The van der Waals surface area contributed by atoms with Crippen molar-refractivity contribution in [2.45, 2.75) is 20.1 Å². The third kappa shape index (κ3) is 4.67. The molecule has 0 atom stereocenters. The molecule has 0 saturated carbocycles. The number of carbonyl (C=O) groups is 1. The number of carbonyl (C=O) groups excluding carboxylic acids is 1. The molecular weight excluding hydrogens is 302 g/mol. The molecular formula is C17H18F2N2O2. The van der Waals surface area contributed by atoms with Gasteiger partial charge in [-0.25, -0.2) is 4.79 Å². The number of anilines is 1. The minimum absolute atomic E-state index is 0.0449. The fourth-order valence-corrected chi connectivity index (χ4v) is 2.11. The van der Waals surface area contributed by atoms with E-state index in [-0.39, 0.29) is 11.8 Å². The Bertz CT molecular complexity index is 663. The fourth-order valence-electron chi connectivity index (χ4n) is 2.11. The van der Waals surface area contributed by atoms with Crippen LogP contribution in [0.25, 0.3) is 0 Å². The van der Waals surface area contributed by atoms with Crippen LogP contribution in [-0.4, -0.2) is 24.6 Å². The van der Waals surface area contributed by atoms with E-state index in [1.54, 1.807) is 26.1 Å². The maximum absolute atomic E-state index is 12.3. The molecule has 2 aromatic carbocycles. The van der Waals surface area contributed by atoms with E-state index in [0.29, 0.717) is 17.8 Å². The largest absolute Gasteiger partial charge is 0.434 e. The van der Waals surface area contributed by atoms with Crippen molar-refractivity contribution in [2.24, 2.45) is 0 Å². The molecule has 23 heavy (non-hydrogen) atoms. The van der Waals surface area contributed by atoms with E-state index in [1.165, 1.54) is 11.0 Å². The third-order valence-electron chi connectivity index (χ3n) is 3.35. The summed E-state index contributed by atoms with van der Waals surface area (Å²) in [4.78, 5) is 13.7. The average Bonchev–Trinajstić information content (AvgIpc) is 2.51. The lowest BCUT2D eigenvalue weighted by Gasteiger charge is -2.19. The molecule has 0 fully saturated rings. The normalized spacial score (nSPS) is 10.5. The maximum Gasteiger partial charge on any atom is 0.387 e. The SMILES string of the molecule is Cc1c(NC(=O)N(C)Cc2ccccc2)cccc1OC(F)F. The average molecular weight is 320 g/mol. The highest BCUT2D eigenvalue weighted by molar-refractivity contribution is 5.90. The van der Waals surface area contributed by atoms with Gasteiger partial charge >= 0.3 is 12.6 Å². The van der Waals surface area contributed by atoms with E-state index in [0.717, 1.165) is 5.56 Å². The number of nitrogens with one attached hydrogen (secondary N) is 1. The van der Waals surface area contributed by atoms with E-state index in [4.69, 9.17) is 0 Å². The first kappa shape index (κ1) is 16.7. The zero-order valence-corrected chi connectivity index (χ0v) is 12.9. The number of nitrogens with zero attached hydrogens (tertiary/aromatic N) is 1. The van der Waals surface area contributed by atoms with Crippen molar-refractivity contribution in [3.8, 4) is 5.75 Å². The van der Waals surface area contributed by atoms with Gasteiger partial charge in [-0.1, -0.05) is 36.4 Å². The summed E-state index contributed by atoms with van der Waals surface area (Å²) in [7, 11) is 1.66. The second kappa shape index (κ2) is 7.58. The van der Waals surface area contributed by atoms with Gasteiger partial charge in [-0.05, 0) is 24.6 Å². The Balaban J connectivity index is 2.05. The molecule has 2 amide bonds. The Morgan fingerprint density at radius 2 is 1.87 bits per heavy atom. The van der Waals surface area contributed by atoms with Crippen LogP contribution in [0.5, 0.6) is 5.75 Å². The molecule has 4 nitrogen and oxygen atoms in total. The number of amides is 2. The van der Waals surface area contributed by atoms with Crippen LogP contribution in [0.3, 0.4) is 0 Å². The quantitative estimate of drug-likeness (QED) is 0.894. The molecule has 2 rings (SSSR count).